The molecule has 0 unspecified atom stereocenters. The Bertz CT molecular complexity index is 1270. The molecule has 0 N–H and O–H groups in total. The smallest absolute Gasteiger partial charge is 0.297 e. The average molecular weight is 477 g/mol. The molecule has 0 aliphatic heterocycles. The summed E-state index contributed by atoms with van der Waals surface area (Å²) in [6, 6.07) is 14.1. The Morgan fingerprint density at radius 3 is 1.40 bits per heavy atom. The number of hydrogen-bond donors (Lipinski definition) is 0. The molecule has 0 aliphatic rings. The summed E-state index contributed by atoms with van der Waals surface area (Å²) in [4.78, 5) is 32.9. The van der Waals surface area contributed by atoms with Crippen molar-refractivity contribution in [3.63, 3.8) is 0 Å². The van der Waals surface area contributed by atoms with Crippen molar-refractivity contribution in [2.24, 2.45) is 0 Å². The van der Waals surface area contributed by atoms with Gasteiger partial charge in [0.2, 0.25) is 0 Å². The van der Waals surface area contributed by atoms with Gasteiger partial charge in [-0.1, -0.05) is 36.4 Å². The molecule has 0 heterocycles. The van der Waals surface area contributed by atoms with E-state index in [0.29, 0.717) is 22.6 Å². The fourth-order valence-corrected chi connectivity index (χ4v) is 3.35. The molecule has 0 radical (unpaired) electrons. The van der Waals surface area contributed by atoms with Crippen LogP contribution in [0.5, 0.6) is 11.5 Å². The van der Waals surface area contributed by atoms with Gasteiger partial charge in [0.1, 0.15) is 22.6 Å². The van der Waals surface area contributed by atoms with E-state index in [0.717, 1.165) is 6.07 Å². The van der Waals surface area contributed by atoms with Gasteiger partial charge in [0.15, 0.2) is 0 Å². The maximum atomic E-state index is 12.1. The van der Waals surface area contributed by atoms with E-state index in [1.54, 1.807) is 48.5 Å². The first-order valence-corrected chi connectivity index (χ1v) is 10.0. The fraction of sp³-hybridized carbons (Fsp3) is 0.0833. The molecular formula is C24H19N3O8. The summed E-state index contributed by atoms with van der Waals surface area (Å²) in [5.41, 5.74) is -1.93. The molecule has 0 saturated carbocycles. The average Bonchev–Trinajstić information content (AvgIpc) is 2.85. The van der Waals surface area contributed by atoms with Crippen LogP contribution in [0.1, 0.15) is 22.3 Å². The first kappa shape index (κ1) is 24.6. The number of nitro benzene ring substituents is 3. The Morgan fingerprint density at radius 1 is 0.629 bits per heavy atom. The van der Waals surface area contributed by atoms with Crippen molar-refractivity contribution in [3.05, 3.63) is 107 Å². The van der Waals surface area contributed by atoms with Crippen LogP contribution in [0.25, 0.3) is 24.3 Å². The number of nitrogens with zero attached hydrogens (tertiary/aromatic N) is 3. The highest BCUT2D eigenvalue weighted by Gasteiger charge is 2.34. The summed E-state index contributed by atoms with van der Waals surface area (Å²) < 4.78 is 10.3. The van der Waals surface area contributed by atoms with Crippen molar-refractivity contribution in [2.75, 3.05) is 14.2 Å². The third-order valence-corrected chi connectivity index (χ3v) is 4.98. The van der Waals surface area contributed by atoms with Gasteiger partial charge in [0.25, 0.3) is 17.1 Å². The van der Waals surface area contributed by atoms with Crippen LogP contribution in [0.15, 0.2) is 54.6 Å². The lowest BCUT2D eigenvalue weighted by molar-refractivity contribution is -0.403. The number of rotatable bonds is 9. The minimum atomic E-state index is -0.888. The summed E-state index contributed by atoms with van der Waals surface area (Å²) in [7, 11) is 2.94. The highest BCUT2D eigenvalue weighted by atomic mass is 16.6. The quantitative estimate of drug-likeness (QED) is 0.214. The van der Waals surface area contributed by atoms with Gasteiger partial charge in [-0.05, 0) is 47.5 Å². The monoisotopic (exact) mass is 477 g/mol. The Morgan fingerprint density at radius 2 is 1.06 bits per heavy atom. The van der Waals surface area contributed by atoms with Crippen LogP contribution in [0, 0.1) is 30.3 Å². The van der Waals surface area contributed by atoms with E-state index >= 15 is 0 Å². The molecule has 0 saturated heterocycles. The largest absolute Gasteiger partial charge is 0.497 e. The lowest BCUT2D eigenvalue weighted by Gasteiger charge is -2.06. The Labute approximate surface area is 199 Å². The second-order valence-corrected chi connectivity index (χ2v) is 7.08. The van der Waals surface area contributed by atoms with Crippen molar-refractivity contribution in [2.45, 2.75) is 0 Å². The summed E-state index contributed by atoms with van der Waals surface area (Å²) >= 11 is 0. The molecule has 3 aromatic rings. The van der Waals surface area contributed by atoms with Crippen LogP contribution < -0.4 is 9.47 Å². The summed E-state index contributed by atoms with van der Waals surface area (Å²) in [6.45, 7) is 0. The molecule has 178 valence electrons. The Hall–Kier alpha value is -5.06. The van der Waals surface area contributed by atoms with Crippen molar-refractivity contribution in [1.82, 2.24) is 0 Å². The first-order chi connectivity index (χ1) is 16.7. The number of nitro groups is 3. The number of hydrogen-bond acceptors (Lipinski definition) is 8. The highest BCUT2D eigenvalue weighted by Crippen LogP contribution is 2.41. The molecular weight excluding hydrogens is 458 g/mol. The molecule has 0 aliphatic carbocycles. The molecule has 0 bridgehead atoms. The second-order valence-electron chi connectivity index (χ2n) is 7.08. The molecule has 3 aromatic carbocycles. The van der Waals surface area contributed by atoms with Gasteiger partial charge in [-0.25, -0.2) is 0 Å². The third kappa shape index (κ3) is 5.66. The van der Waals surface area contributed by atoms with Crippen LogP contribution in [-0.2, 0) is 0 Å². The fourth-order valence-electron chi connectivity index (χ4n) is 3.35. The van der Waals surface area contributed by atoms with E-state index in [2.05, 4.69) is 0 Å². The van der Waals surface area contributed by atoms with E-state index in [9.17, 15) is 30.3 Å². The molecule has 35 heavy (non-hydrogen) atoms. The van der Waals surface area contributed by atoms with Crippen LogP contribution in [0.4, 0.5) is 17.1 Å². The first-order valence-electron chi connectivity index (χ1n) is 10.0. The molecule has 0 amide bonds. The molecule has 0 aromatic heterocycles. The van der Waals surface area contributed by atoms with Crippen LogP contribution in [0.2, 0.25) is 0 Å². The van der Waals surface area contributed by atoms with Gasteiger partial charge in [0.05, 0.1) is 35.1 Å². The maximum Gasteiger partial charge on any atom is 0.297 e. The molecule has 11 heteroatoms. The highest BCUT2D eigenvalue weighted by molar-refractivity contribution is 5.89. The zero-order valence-corrected chi connectivity index (χ0v) is 18.6. The second kappa shape index (κ2) is 10.7. The predicted molar refractivity (Wildman–Crippen MR) is 130 cm³/mol. The van der Waals surface area contributed by atoms with Crippen molar-refractivity contribution >= 4 is 41.4 Å². The van der Waals surface area contributed by atoms with Crippen LogP contribution in [-0.4, -0.2) is 29.0 Å². The lowest BCUT2D eigenvalue weighted by Crippen LogP contribution is -2.04. The molecule has 0 fully saturated rings. The molecule has 11 nitrogen and oxygen atoms in total. The van der Waals surface area contributed by atoms with E-state index < -0.39 is 31.8 Å². The van der Waals surface area contributed by atoms with E-state index in [1.807, 2.05) is 0 Å². The summed E-state index contributed by atoms with van der Waals surface area (Å²) in [5, 5.41) is 35.5. The predicted octanol–water partition coefficient (Wildman–Crippen LogP) is 5.77. The van der Waals surface area contributed by atoms with Crippen molar-refractivity contribution in [1.29, 1.82) is 0 Å². The minimum absolute atomic E-state index is 0.376. The Kier molecular flexibility index (Phi) is 7.52. The Balaban J connectivity index is 2.26. The van der Waals surface area contributed by atoms with Gasteiger partial charge in [-0.2, -0.15) is 0 Å². The van der Waals surface area contributed by atoms with Gasteiger partial charge < -0.3 is 9.47 Å². The molecule has 3 rings (SSSR count). The SMILES string of the molecule is COc1cccc(C=Cc2c([N+](=O)[O-])cc([N+](=O)[O-])c(C=Cc3cccc(OC)c3)c2[N+](=O)[O-])c1. The lowest BCUT2D eigenvalue weighted by atomic mass is 10.00. The van der Waals surface area contributed by atoms with Gasteiger partial charge in [0, 0.05) is 0 Å². The van der Waals surface area contributed by atoms with Crippen molar-refractivity contribution < 1.29 is 24.2 Å². The topological polar surface area (TPSA) is 148 Å². The normalized spacial score (nSPS) is 11.0. The van der Waals surface area contributed by atoms with Gasteiger partial charge in [-0.15, -0.1) is 0 Å². The molecule has 0 atom stereocenters. The standard InChI is InChI=1S/C24H19N3O8/c1-34-18-7-3-5-16(13-18)9-11-20-22(25(28)29)15-23(26(30)31)21(24(20)27(32)33)12-10-17-6-4-8-19(14-17)35-2/h3-15H,1-2H3. The summed E-state index contributed by atoms with van der Waals surface area (Å²) in [6.07, 6.45) is 5.24. The third-order valence-electron chi connectivity index (χ3n) is 4.98. The number of ether oxygens (including phenoxy) is 2. The zero-order valence-electron chi connectivity index (χ0n) is 18.6. The number of methoxy groups -OCH3 is 2. The van der Waals surface area contributed by atoms with Crippen LogP contribution in [0.3, 0.4) is 0 Å². The van der Waals surface area contributed by atoms with Gasteiger partial charge in [-0.3, -0.25) is 30.3 Å². The minimum Gasteiger partial charge on any atom is -0.497 e. The zero-order chi connectivity index (χ0) is 25.5. The van der Waals surface area contributed by atoms with E-state index in [4.69, 9.17) is 9.47 Å². The van der Waals surface area contributed by atoms with E-state index in [1.165, 1.54) is 38.5 Å². The van der Waals surface area contributed by atoms with E-state index in [-0.39, 0.29) is 11.1 Å². The van der Waals surface area contributed by atoms with Crippen LogP contribution >= 0.6 is 0 Å². The summed E-state index contributed by atoms with van der Waals surface area (Å²) in [5.74, 6) is 1.03. The van der Waals surface area contributed by atoms with Crippen molar-refractivity contribution in [3.8, 4) is 11.5 Å². The van der Waals surface area contributed by atoms with Gasteiger partial charge >= 0.3 is 0 Å². The number of benzene rings is 3. The maximum absolute atomic E-state index is 12.1. The molecule has 0 spiro atoms.